The van der Waals surface area contributed by atoms with Crippen molar-refractivity contribution in [2.75, 3.05) is 36.9 Å². The molecule has 4 aromatic rings. The number of benzene rings is 2. The third kappa shape index (κ3) is 6.02. The van der Waals surface area contributed by atoms with Gasteiger partial charge in [-0.2, -0.15) is 0 Å². The van der Waals surface area contributed by atoms with Crippen molar-refractivity contribution < 1.29 is 9.90 Å². The van der Waals surface area contributed by atoms with Gasteiger partial charge in [0.05, 0.1) is 16.2 Å². The number of anilines is 2. The number of thiazole rings is 1. The Balaban J connectivity index is 1.12. The van der Waals surface area contributed by atoms with Crippen LogP contribution in [0.25, 0.3) is 9.53 Å². The predicted octanol–water partition coefficient (Wildman–Crippen LogP) is 6.05. The van der Waals surface area contributed by atoms with Crippen LogP contribution in [0.2, 0.25) is 5.02 Å². The summed E-state index contributed by atoms with van der Waals surface area (Å²) in [4.78, 5) is 21.2. The summed E-state index contributed by atoms with van der Waals surface area (Å²) in [6, 6.07) is 18.3. The highest BCUT2D eigenvalue weighted by Crippen LogP contribution is 2.33. The van der Waals surface area contributed by atoms with E-state index in [1.165, 1.54) is 33.8 Å². The standard InChI is InChI=1S/C26H27ClN4O2S2/c27-20-5-3-18(4-6-20)19-9-12-31(13-10-19)16-17-1-7-21(8-2-17)29-24(33)22-15-23-25(34-22)30-26(35-23)28-11-14-32/h1-8,15,19,32H,9-14,16H2,(H,28,30)(H,29,33). The highest BCUT2D eigenvalue weighted by Gasteiger charge is 2.21. The van der Waals surface area contributed by atoms with Gasteiger partial charge in [0.1, 0.15) is 4.83 Å². The Morgan fingerprint density at radius 1 is 1.09 bits per heavy atom. The molecule has 182 valence electrons. The van der Waals surface area contributed by atoms with Crippen LogP contribution in [0.3, 0.4) is 0 Å². The molecule has 2 aromatic heterocycles. The molecule has 1 saturated heterocycles. The van der Waals surface area contributed by atoms with Gasteiger partial charge in [0.15, 0.2) is 5.13 Å². The molecule has 9 heteroatoms. The fourth-order valence-corrected chi connectivity index (χ4v) is 6.55. The number of rotatable bonds is 8. The summed E-state index contributed by atoms with van der Waals surface area (Å²) in [5.74, 6) is 0.481. The number of amides is 1. The van der Waals surface area contributed by atoms with Gasteiger partial charge in [-0.1, -0.05) is 47.2 Å². The lowest BCUT2D eigenvalue weighted by atomic mass is 9.89. The SMILES string of the molecule is O=C(Nc1ccc(CN2CCC(c3ccc(Cl)cc3)CC2)cc1)c1cc2sc(NCCO)nc2s1. The molecule has 0 atom stereocenters. The highest BCUT2D eigenvalue weighted by atomic mass is 35.5. The maximum Gasteiger partial charge on any atom is 0.265 e. The van der Waals surface area contributed by atoms with Crippen molar-refractivity contribution >= 4 is 60.5 Å². The number of thiophene rings is 1. The smallest absolute Gasteiger partial charge is 0.265 e. The number of fused-ring (bicyclic) bond motifs is 1. The van der Waals surface area contributed by atoms with E-state index in [4.69, 9.17) is 16.7 Å². The lowest BCUT2D eigenvalue weighted by Crippen LogP contribution is -2.32. The molecule has 2 aromatic carbocycles. The molecule has 6 nitrogen and oxygen atoms in total. The molecule has 0 unspecified atom stereocenters. The maximum atomic E-state index is 12.7. The van der Waals surface area contributed by atoms with E-state index in [9.17, 15) is 4.79 Å². The third-order valence-electron chi connectivity index (χ3n) is 6.25. The molecular weight excluding hydrogens is 500 g/mol. The average Bonchev–Trinajstić information content (AvgIpc) is 3.44. The monoisotopic (exact) mass is 526 g/mol. The van der Waals surface area contributed by atoms with E-state index in [-0.39, 0.29) is 12.5 Å². The van der Waals surface area contributed by atoms with Crippen LogP contribution in [-0.2, 0) is 6.54 Å². The van der Waals surface area contributed by atoms with Gasteiger partial charge in [0.25, 0.3) is 5.91 Å². The first-order chi connectivity index (χ1) is 17.1. The molecule has 5 rings (SSSR count). The van der Waals surface area contributed by atoms with Crippen LogP contribution in [-0.4, -0.2) is 47.1 Å². The van der Waals surface area contributed by atoms with Crippen LogP contribution < -0.4 is 10.6 Å². The number of aliphatic hydroxyl groups is 1. The summed E-state index contributed by atoms with van der Waals surface area (Å²) in [7, 11) is 0. The first-order valence-electron chi connectivity index (χ1n) is 11.7. The highest BCUT2D eigenvalue weighted by molar-refractivity contribution is 7.29. The summed E-state index contributed by atoms with van der Waals surface area (Å²) in [5.41, 5.74) is 3.42. The fraction of sp³-hybridized carbons (Fsp3) is 0.308. The van der Waals surface area contributed by atoms with Gasteiger partial charge in [-0.15, -0.1) is 11.3 Å². The quantitative estimate of drug-likeness (QED) is 0.260. The summed E-state index contributed by atoms with van der Waals surface area (Å²) >= 11 is 8.89. The van der Waals surface area contributed by atoms with Crippen LogP contribution in [0.5, 0.6) is 0 Å². The molecule has 1 aliphatic heterocycles. The number of halogens is 1. The van der Waals surface area contributed by atoms with Gasteiger partial charge in [-0.3, -0.25) is 9.69 Å². The van der Waals surface area contributed by atoms with E-state index in [0.717, 1.165) is 57.8 Å². The minimum absolute atomic E-state index is 0.0580. The van der Waals surface area contributed by atoms with Gasteiger partial charge in [-0.05, 0) is 73.3 Å². The summed E-state index contributed by atoms with van der Waals surface area (Å²) in [6.45, 7) is 3.59. The molecule has 0 radical (unpaired) electrons. The maximum absolute atomic E-state index is 12.7. The Morgan fingerprint density at radius 2 is 1.83 bits per heavy atom. The lowest BCUT2D eigenvalue weighted by Gasteiger charge is -2.32. The zero-order chi connectivity index (χ0) is 24.2. The number of aromatic nitrogens is 1. The number of nitrogens with one attached hydrogen (secondary N) is 2. The molecule has 1 amide bonds. The van der Waals surface area contributed by atoms with Crippen LogP contribution >= 0.6 is 34.3 Å². The Hall–Kier alpha value is -2.49. The molecular formula is C26H27ClN4O2S2. The topological polar surface area (TPSA) is 77.5 Å². The van der Waals surface area contributed by atoms with Gasteiger partial charge in [-0.25, -0.2) is 4.98 Å². The second kappa shape index (κ2) is 11.1. The van der Waals surface area contributed by atoms with Crippen molar-refractivity contribution in [3.05, 3.63) is 75.6 Å². The number of carbonyl (C=O) groups excluding carboxylic acids is 1. The fourth-order valence-electron chi connectivity index (χ4n) is 4.39. The van der Waals surface area contributed by atoms with Crippen LogP contribution in [0.15, 0.2) is 54.6 Å². The molecule has 0 bridgehead atoms. The van der Waals surface area contributed by atoms with Crippen LogP contribution in [0.1, 0.15) is 39.6 Å². The van der Waals surface area contributed by atoms with Crippen molar-refractivity contribution in [2.45, 2.75) is 25.3 Å². The minimum atomic E-state index is -0.123. The zero-order valence-corrected chi connectivity index (χ0v) is 21.6. The minimum Gasteiger partial charge on any atom is -0.395 e. The Morgan fingerprint density at radius 3 is 2.51 bits per heavy atom. The largest absolute Gasteiger partial charge is 0.395 e. The predicted molar refractivity (Wildman–Crippen MR) is 146 cm³/mol. The van der Waals surface area contributed by atoms with E-state index in [1.807, 2.05) is 30.3 Å². The molecule has 1 fully saturated rings. The van der Waals surface area contributed by atoms with Crippen molar-refractivity contribution in [1.29, 1.82) is 0 Å². The van der Waals surface area contributed by atoms with Gasteiger partial charge < -0.3 is 15.7 Å². The first kappa shape index (κ1) is 24.2. The number of nitrogens with zero attached hydrogens (tertiary/aromatic N) is 2. The van der Waals surface area contributed by atoms with E-state index >= 15 is 0 Å². The Bertz CT molecular complexity index is 1250. The lowest BCUT2D eigenvalue weighted by molar-refractivity contribution is 0.103. The molecule has 3 heterocycles. The zero-order valence-electron chi connectivity index (χ0n) is 19.2. The number of likely N-dealkylation sites (tertiary alicyclic amines) is 1. The summed E-state index contributed by atoms with van der Waals surface area (Å²) in [6.07, 6.45) is 2.31. The van der Waals surface area contributed by atoms with E-state index in [0.29, 0.717) is 17.3 Å². The Labute approximate surface area is 217 Å². The van der Waals surface area contributed by atoms with Crippen LogP contribution in [0, 0.1) is 0 Å². The number of aliphatic hydroxyl groups excluding tert-OH is 1. The molecule has 1 aliphatic rings. The van der Waals surface area contributed by atoms with Gasteiger partial charge in [0.2, 0.25) is 0 Å². The third-order valence-corrected chi connectivity index (χ3v) is 8.62. The van der Waals surface area contributed by atoms with E-state index < -0.39 is 0 Å². The summed E-state index contributed by atoms with van der Waals surface area (Å²) < 4.78 is 0.968. The Kier molecular flexibility index (Phi) is 7.65. The van der Waals surface area contributed by atoms with E-state index in [1.54, 1.807) is 0 Å². The van der Waals surface area contributed by atoms with Crippen LogP contribution in [0.4, 0.5) is 10.8 Å². The van der Waals surface area contributed by atoms with Crippen molar-refractivity contribution in [3.63, 3.8) is 0 Å². The first-order valence-corrected chi connectivity index (χ1v) is 13.7. The number of carbonyl (C=O) groups is 1. The van der Waals surface area contributed by atoms with Crippen molar-refractivity contribution in [3.8, 4) is 0 Å². The van der Waals surface area contributed by atoms with E-state index in [2.05, 4.69) is 44.8 Å². The number of hydrogen-bond acceptors (Lipinski definition) is 7. The molecule has 0 saturated carbocycles. The molecule has 0 aliphatic carbocycles. The number of piperidine rings is 1. The molecule has 0 spiro atoms. The van der Waals surface area contributed by atoms with Crippen molar-refractivity contribution in [2.24, 2.45) is 0 Å². The second-order valence-electron chi connectivity index (χ2n) is 8.70. The normalized spacial score (nSPS) is 14.9. The average molecular weight is 527 g/mol. The molecule has 3 N–H and O–H groups in total. The van der Waals surface area contributed by atoms with Gasteiger partial charge >= 0.3 is 0 Å². The second-order valence-corrected chi connectivity index (χ2v) is 11.2. The summed E-state index contributed by atoms with van der Waals surface area (Å²) in [5, 5.41) is 16.5. The van der Waals surface area contributed by atoms with Crippen molar-refractivity contribution in [1.82, 2.24) is 9.88 Å². The number of hydrogen-bond donors (Lipinski definition) is 3. The van der Waals surface area contributed by atoms with Gasteiger partial charge in [0, 0.05) is 23.8 Å². The molecule has 35 heavy (non-hydrogen) atoms.